The van der Waals surface area contributed by atoms with E-state index in [4.69, 9.17) is 0 Å². The van der Waals surface area contributed by atoms with Gasteiger partial charge in [-0.3, -0.25) is 9.58 Å². The lowest BCUT2D eigenvalue weighted by molar-refractivity contribution is -0.137. The summed E-state index contributed by atoms with van der Waals surface area (Å²) >= 11 is 0. The zero-order chi connectivity index (χ0) is 18.2. The first-order chi connectivity index (χ1) is 11.8. The van der Waals surface area contributed by atoms with Crippen molar-refractivity contribution in [1.29, 1.82) is 0 Å². The van der Waals surface area contributed by atoms with Crippen LogP contribution in [0.25, 0.3) is 0 Å². The monoisotopic (exact) mass is 353 g/mol. The van der Waals surface area contributed by atoms with Crippen LogP contribution in [0.5, 0.6) is 0 Å². The molecule has 2 heterocycles. The molecule has 1 aromatic carbocycles. The number of likely N-dealkylation sites (tertiary alicyclic amines) is 1. The van der Waals surface area contributed by atoms with Gasteiger partial charge in [0, 0.05) is 37.9 Å². The van der Waals surface area contributed by atoms with E-state index in [-0.39, 0.29) is 6.04 Å². The van der Waals surface area contributed by atoms with Crippen molar-refractivity contribution in [1.82, 2.24) is 14.7 Å². The topological polar surface area (TPSA) is 41.3 Å². The molecule has 2 aromatic rings. The van der Waals surface area contributed by atoms with E-state index in [2.05, 4.69) is 5.10 Å². The third-order valence-electron chi connectivity index (χ3n) is 4.68. The van der Waals surface area contributed by atoms with Gasteiger partial charge in [0.2, 0.25) is 0 Å². The molecule has 0 bridgehead atoms. The first kappa shape index (κ1) is 17.9. The molecule has 0 radical (unpaired) electrons. The highest BCUT2D eigenvalue weighted by Crippen LogP contribution is 2.37. The van der Waals surface area contributed by atoms with E-state index in [1.807, 2.05) is 25.1 Å². The highest BCUT2D eigenvalue weighted by atomic mass is 19.4. The molecule has 1 aliphatic rings. The molecule has 0 spiro atoms. The third kappa shape index (κ3) is 3.88. The van der Waals surface area contributed by atoms with Crippen molar-refractivity contribution in [2.75, 3.05) is 6.54 Å². The van der Waals surface area contributed by atoms with Gasteiger partial charge in [-0.05, 0) is 30.5 Å². The minimum Gasteiger partial charge on any atom is -0.392 e. The summed E-state index contributed by atoms with van der Waals surface area (Å²) in [6, 6.07) is 5.18. The van der Waals surface area contributed by atoms with Crippen LogP contribution >= 0.6 is 0 Å². The standard InChI is InChI=1S/C18H22F3N3O/c1-3-16-13(9-23(2)22-16)10-24-11-15(25)8-17(24)12-5-4-6-14(7-12)18(19,20)21/h4-7,9,15,17,25H,3,8,10-11H2,1-2H3/t15-,17-/m1/s1. The van der Waals surface area contributed by atoms with E-state index >= 15 is 0 Å². The van der Waals surface area contributed by atoms with E-state index in [0.717, 1.165) is 23.7 Å². The lowest BCUT2D eigenvalue weighted by atomic mass is 10.0. The predicted octanol–water partition coefficient (Wildman–Crippen LogP) is 3.31. The molecule has 0 unspecified atom stereocenters. The van der Waals surface area contributed by atoms with Gasteiger partial charge in [-0.15, -0.1) is 0 Å². The first-order valence-electron chi connectivity index (χ1n) is 8.38. The van der Waals surface area contributed by atoms with Gasteiger partial charge in [0.25, 0.3) is 0 Å². The molecule has 1 saturated heterocycles. The molecule has 2 atom stereocenters. The Morgan fingerprint density at radius 2 is 2.08 bits per heavy atom. The van der Waals surface area contributed by atoms with Crippen LogP contribution in [-0.2, 0) is 26.2 Å². The zero-order valence-electron chi connectivity index (χ0n) is 14.3. The molecule has 1 aliphatic heterocycles. The molecule has 3 rings (SSSR count). The Balaban J connectivity index is 1.87. The summed E-state index contributed by atoms with van der Waals surface area (Å²) in [6.07, 6.45) is -1.74. The molecular formula is C18H22F3N3O. The number of halogens is 3. The van der Waals surface area contributed by atoms with Gasteiger partial charge in [-0.1, -0.05) is 19.1 Å². The minimum absolute atomic E-state index is 0.234. The number of aliphatic hydroxyl groups excluding tert-OH is 1. The number of aromatic nitrogens is 2. The van der Waals surface area contributed by atoms with Gasteiger partial charge in [-0.25, -0.2) is 0 Å². The van der Waals surface area contributed by atoms with E-state index in [1.54, 1.807) is 10.7 Å². The summed E-state index contributed by atoms with van der Waals surface area (Å²) in [5.41, 5.74) is 1.97. The Kier molecular flexibility index (Phi) is 4.88. The van der Waals surface area contributed by atoms with Crippen molar-refractivity contribution in [2.45, 2.75) is 44.6 Å². The molecule has 1 aromatic heterocycles. The third-order valence-corrected chi connectivity index (χ3v) is 4.68. The van der Waals surface area contributed by atoms with Crippen LogP contribution in [0.2, 0.25) is 0 Å². The Hall–Kier alpha value is -1.86. The molecule has 0 amide bonds. The number of benzene rings is 1. The zero-order valence-corrected chi connectivity index (χ0v) is 14.3. The highest BCUT2D eigenvalue weighted by Gasteiger charge is 2.35. The van der Waals surface area contributed by atoms with Crippen LogP contribution < -0.4 is 0 Å². The maximum absolute atomic E-state index is 13.0. The van der Waals surface area contributed by atoms with Gasteiger partial charge in [0.1, 0.15) is 0 Å². The molecular weight excluding hydrogens is 331 g/mol. The fourth-order valence-electron chi connectivity index (χ4n) is 3.56. The van der Waals surface area contributed by atoms with E-state index in [1.165, 1.54) is 12.1 Å². The summed E-state index contributed by atoms with van der Waals surface area (Å²) in [4.78, 5) is 2.04. The second-order valence-electron chi connectivity index (χ2n) is 6.59. The van der Waals surface area contributed by atoms with Crippen LogP contribution in [-0.4, -0.2) is 32.4 Å². The highest BCUT2D eigenvalue weighted by molar-refractivity contribution is 5.29. The average molecular weight is 353 g/mol. The predicted molar refractivity (Wildman–Crippen MR) is 87.8 cm³/mol. The fraction of sp³-hybridized carbons (Fsp3) is 0.500. The van der Waals surface area contributed by atoms with Gasteiger partial charge in [0.05, 0.1) is 17.4 Å². The van der Waals surface area contributed by atoms with Gasteiger partial charge in [-0.2, -0.15) is 18.3 Å². The van der Waals surface area contributed by atoms with Crippen molar-refractivity contribution >= 4 is 0 Å². The van der Waals surface area contributed by atoms with Crippen LogP contribution in [0, 0.1) is 0 Å². The van der Waals surface area contributed by atoms with E-state index < -0.39 is 17.8 Å². The van der Waals surface area contributed by atoms with Gasteiger partial charge in [0.15, 0.2) is 0 Å². The van der Waals surface area contributed by atoms with Gasteiger partial charge < -0.3 is 5.11 Å². The number of alkyl halides is 3. The number of aliphatic hydroxyl groups is 1. The van der Waals surface area contributed by atoms with Crippen molar-refractivity contribution < 1.29 is 18.3 Å². The Morgan fingerprint density at radius 3 is 2.76 bits per heavy atom. The van der Waals surface area contributed by atoms with Crippen molar-refractivity contribution in [2.24, 2.45) is 7.05 Å². The van der Waals surface area contributed by atoms with Crippen LogP contribution in [0.3, 0.4) is 0 Å². The largest absolute Gasteiger partial charge is 0.416 e. The van der Waals surface area contributed by atoms with E-state index in [9.17, 15) is 18.3 Å². The summed E-state index contributed by atoms with van der Waals surface area (Å²) < 4.78 is 40.8. The Labute approximate surface area is 144 Å². The number of nitrogens with zero attached hydrogens (tertiary/aromatic N) is 3. The molecule has 1 fully saturated rings. The number of aryl methyl sites for hydroxylation is 2. The summed E-state index contributed by atoms with van der Waals surface area (Å²) in [6.45, 7) is 3.03. The molecule has 25 heavy (non-hydrogen) atoms. The number of hydrogen-bond acceptors (Lipinski definition) is 3. The van der Waals surface area contributed by atoms with Crippen molar-refractivity contribution in [3.8, 4) is 0 Å². The van der Waals surface area contributed by atoms with Gasteiger partial charge >= 0.3 is 6.18 Å². The maximum atomic E-state index is 13.0. The molecule has 0 aliphatic carbocycles. The van der Waals surface area contributed by atoms with Crippen LogP contribution in [0.1, 0.15) is 41.8 Å². The van der Waals surface area contributed by atoms with Crippen LogP contribution in [0.15, 0.2) is 30.5 Å². The molecule has 7 heteroatoms. The Bertz CT molecular complexity index is 741. The van der Waals surface area contributed by atoms with E-state index in [0.29, 0.717) is 25.1 Å². The summed E-state index contributed by atoms with van der Waals surface area (Å²) in [7, 11) is 1.85. The molecule has 136 valence electrons. The summed E-state index contributed by atoms with van der Waals surface area (Å²) in [5, 5.41) is 14.5. The Morgan fingerprint density at radius 1 is 1.32 bits per heavy atom. The number of hydrogen-bond donors (Lipinski definition) is 1. The van der Waals surface area contributed by atoms with Crippen molar-refractivity contribution in [3.63, 3.8) is 0 Å². The first-order valence-corrected chi connectivity index (χ1v) is 8.38. The molecule has 0 saturated carbocycles. The van der Waals surface area contributed by atoms with Crippen LogP contribution in [0.4, 0.5) is 13.2 Å². The lowest BCUT2D eigenvalue weighted by Gasteiger charge is -2.25. The quantitative estimate of drug-likeness (QED) is 0.917. The molecule has 4 nitrogen and oxygen atoms in total. The number of rotatable bonds is 4. The maximum Gasteiger partial charge on any atom is 0.416 e. The van der Waals surface area contributed by atoms with Crippen molar-refractivity contribution in [3.05, 3.63) is 52.8 Å². The minimum atomic E-state index is -4.36. The normalized spacial score (nSPS) is 21.8. The summed E-state index contributed by atoms with van der Waals surface area (Å²) in [5.74, 6) is 0. The second-order valence-corrected chi connectivity index (χ2v) is 6.59. The fourth-order valence-corrected chi connectivity index (χ4v) is 3.56. The average Bonchev–Trinajstić information content (AvgIpc) is 3.09. The SMILES string of the molecule is CCc1nn(C)cc1CN1C[C@H](O)C[C@@H]1c1cccc(C(F)(F)F)c1. The molecule has 1 N–H and O–H groups in total. The number of β-amino-alcohol motifs (C(OH)–C–C–N with tert-alkyl or cyclic N) is 1. The second kappa shape index (κ2) is 6.80. The lowest BCUT2D eigenvalue weighted by Crippen LogP contribution is -2.25. The smallest absolute Gasteiger partial charge is 0.392 e.